The van der Waals surface area contributed by atoms with Crippen LogP contribution in [0, 0.1) is 11.3 Å². The van der Waals surface area contributed by atoms with E-state index >= 15 is 0 Å². The average Bonchev–Trinajstić information content (AvgIpc) is 2.48. The molecule has 1 aromatic heterocycles. The highest BCUT2D eigenvalue weighted by molar-refractivity contribution is 5.18. The molecule has 0 bridgehead atoms. The largest absolute Gasteiger partial charge is 0.481 e. The van der Waals surface area contributed by atoms with Crippen LogP contribution in [0.15, 0.2) is 18.3 Å². The summed E-state index contributed by atoms with van der Waals surface area (Å²) in [7, 11) is 1.64. The molecule has 2 heterocycles. The molecule has 0 amide bonds. The van der Waals surface area contributed by atoms with Gasteiger partial charge in [-0.25, -0.2) is 4.98 Å². The summed E-state index contributed by atoms with van der Waals surface area (Å²) < 4.78 is 11.0. The van der Waals surface area contributed by atoms with E-state index in [0.717, 1.165) is 13.2 Å². The summed E-state index contributed by atoms with van der Waals surface area (Å²) in [5.41, 5.74) is 1.42. The fraction of sp³-hybridized carbons (Fsp3) is 0.688. The van der Waals surface area contributed by atoms with E-state index in [1.807, 2.05) is 12.3 Å². The van der Waals surface area contributed by atoms with Crippen molar-refractivity contribution in [3.8, 4) is 5.88 Å². The van der Waals surface area contributed by atoms with Crippen molar-refractivity contribution in [3.63, 3.8) is 0 Å². The van der Waals surface area contributed by atoms with E-state index in [1.54, 1.807) is 7.11 Å². The number of fused-ring (bicyclic) bond motifs is 1. The van der Waals surface area contributed by atoms with Crippen molar-refractivity contribution in [1.29, 1.82) is 0 Å². The van der Waals surface area contributed by atoms with Crippen LogP contribution in [0.5, 0.6) is 5.88 Å². The first-order valence-corrected chi connectivity index (χ1v) is 7.47. The molecular formula is C16H24N2O2. The van der Waals surface area contributed by atoms with Gasteiger partial charge in [0.2, 0.25) is 5.88 Å². The summed E-state index contributed by atoms with van der Waals surface area (Å²) in [5, 5.41) is 3.70. The lowest BCUT2D eigenvalue weighted by Gasteiger charge is -2.60. The Bertz CT molecular complexity index is 458. The zero-order valence-electron chi connectivity index (χ0n) is 12.6. The molecular weight excluding hydrogens is 252 g/mol. The lowest BCUT2D eigenvalue weighted by atomic mass is 9.55. The van der Waals surface area contributed by atoms with Gasteiger partial charge in [-0.05, 0) is 18.4 Å². The first kappa shape index (κ1) is 13.8. The molecule has 1 aliphatic heterocycles. The van der Waals surface area contributed by atoms with E-state index in [2.05, 4.69) is 30.2 Å². The van der Waals surface area contributed by atoms with Gasteiger partial charge >= 0.3 is 0 Å². The quantitative estimate of drug-likeness (QED) is 0.917. The molecule has 0 radical (unpaired) electrons. The minimum atomic E-state index is 0.227. The van der Waals surface area contributed by atoms with Crippen molar-refractivity contribution in [3.05, 3.63) is 23.9 Å². The molecule has 1 aliphatic carbocycles. The molecule has 3 rings (SSSR count). The van der Waals surface area contributed by atoms with E-state index in [4.69, 9.17) is 9.47 Å². The fourth-order valence-electron chi connectivity index (χ4n) is 3.80. The summed E-state index contributed by atoms with van der Waals surface area (Å²) in [6.07, 6.45) is 4.79. The van der Waals surface area contributed by atoms with Gasteiger partial charge in [-0.1, -0.05) is 19.9 Å². The van der Waals surface area contributed by atoms with Crippen molar-refractivity contribution in [2.75, 3.05) is 13.7 Å². The molecule has 1 saturated heterocycles. The van der Waals surface area contributed by atoms with Gasteiger partial charge in [-0.15, -0.1) is 0 Å². The predicted molar refractivity (Wildman–Crippen MR) is 77.7 cm³/mol. The standard InChI is InChI=1S/C16H24N2O2/c1-16(2)14(12-5-4-8-20-15(12)16)18-10-11-6-7-13(19-3)17-9-11/h6-7,9,12,14-15,18H,4-5,8,10H2,1-3H3. The van der Waals surface area contributed by atoms with E-state index in [9.17, 15) is 0 Å². The van der Waals surface area contributed by atoms with Gasteiger partial charge in [0.25, 0.3) is 0 Å². The zero-order chi connectivity index (χ0) is 14.2. The summed E-state index contributed by atoms with van der Waals surface area (Å²) in [6.45, 7) is 6.40. The number of ether oxygens (including phenoxy) is 2. The maximum absolute atomic E-state index is 5.94. The first-order chi connectivity index (χ1) is 9.63. The molecule has 4 nitrogen and oxygen atoms in total. The van der Waals surface area contributed by atoms with Crippen LogP contribution in [0.2, 0.25) is 0 Å². The Morgan fingerprint density at radius 2 is 2.30 bits per heavy atom. The minimum Gasteiger partial charge on any atom is -0.481 e. The van der Waals surface area contributed by atoms with Gasteiger partial charge in [-0.3, -0.25) is 0 Å². The third-order valence-electron chi connectivity index (χ3n) is 4.86. The summed E-state index contributed by atoms with van der Waals surface area (Å²) in [5.74, 6) is 1.34. The van der Waals surface area contributed by atoms with Gasteiger partial charge in [0.05, 0.1) is 13.2 Å². The Kier molecular flexibility index (Phi) is 3.69. The monoisotopic (exact) mass is 276 g/mol. The van der Waals surface area contributed by atoms with Crippen LogP contribution in [-0.2, 0) is 11.3 Å². The van der Waals surface area contributed by atoms with Gasteiger partial charge in [0.1, 0.15) is 0 Å². The van der Waals surface area contributed by atoms with Crippen molar-refractivity contribution >= 4 is 0 Å². The Hall–Kier alpha value is -1.13. The van der Waals surface area contributed by atoms with Crippen LogP contribution in [0.4, 0.5) is 0 Å². The number of nitrogens with one attached hydrogen (secondary N) is 1. The van der Waals surface area contributed by atoms with E-state index in [-0.39, 0.29) is 5.41 Å². The second-order valence-corrected chi connectivity index (χ2v) is 6.49. The Balaban J connectivity index is 1.60. The molecule has 110 valence electrons. The molecule has 2 fully saturated rings. The molecule has 3 unspecified atom stereocenters. The maximum atomic E-state index is 5.94. The molecule has 1 N–H and O–H groups in total. The van der Waals surface area contributed by atoms with Crippen LogP contribution in [-0.4, -0.2) is 30.8 Å². The highest BCUT2D eigenvalue weighted by atomic mass is 16.5. The van der Waals surface area contributed by atoms with E-state index in [0.29, 0.717) is 23.9 Å². The second-order valence-electron chi connectivity index (χ2n) is 6.49. The van der Waals surface area contributed by atoms with Crippen LogP contribution < -0.4 is 10.1 Å². The lowest BCUT2D eigenvalue weighted by molar-refractivity contribution is -0.192. The van der Waals surface area contributed by atoms with Crippen LogP contribution in [0.3, 0.4) is 0 Å². The van der Waals surface area contributed by atoms with Crippen LogP contribution >= 0.6 is 0 Å². The van der Waals surface area contributed by atoms with Crippen molar-refractivity contribution in [2.45, 2.75) is 45.4 Å². The summed E-state index contributed by atoms with van der Waals surface area (Å²) >= 11 is 0. The minimum absolute atomic E-state index is 0.227. The van der Waals surface area contributed by atoms with Gasteiger partial charge < -0.3 is 14.8 Å². The SMILES string of the molecule is COc1ccc(CNC2C3CCCOC3C2(C)C)cn1. The number of hydrogen-bond donors (Lipinski definition) is 1. The molecule has 20 heavy (non-hydrogen) atoms. The third-order valence-corrected chi connectivity index (χ3v) is 4.86. The average molecular weight is 276 g/mol. The Labute approximate surface area is 120 Å². The predicted octanol–water partition coefficient (Wildman–Crippen LogP) is 2.38. The smallest absolute Gasteiger partial charge is 0.212 e. The first-order valence-electron chi connectivity index (χ1n) is 7.47. The van der Waals surface area contributed by atoms with E-state index in [1.165, 1.54) is 18.4 Å². The Morgan fingerprint density at radius 3 is 3.00 bits per heavy atom. The third kappa shape index (κ3) is 2.31. The van der Waals surface area contributed by atoms with Crippen molar-refractivity contribution in [1.82, 2.24) is 10.3 Å². The highest BCUT2D eigenvalue weighted by Gasteiger charge is 2.57. The van der Waals surface area contributed by atoms with Gasteiger partial charge in [-0.2, -0.15) is 0 Å². The maximum Gasteiger partial charge on any atom is 0.212 e. The van der Waals surface area contributed by atoms with Crippen molar-refractivity contribution in [2.24, 2.45) is 11.3 Å². The number of pyridine rings is 1. The summed E-state index contributed by atoms with van der Waals surface area (Å²) in [4.78, 5) is 4.25. The fourth-order valence-corrected chi connectivity index (χ4v) is 3.80. The van der Waals surface area contributed by atoms with E-state index < -0.39 is 0 Å². The van der Waals surface area contributed by atoms with Crippen LogP contribution in [0.1, 0.15) is 32.3 Å². The molecule has 0 spiro atoms. The Morgan fingerprint density at radius 1 is 1.45 bits per heavy atom. The topological polar surface area (TPSA) is 43.4 Å². The van der Waals surface area contributed by atoms with Gasteiger partial charge in [0.15, 0.2) is 0 Å². The highest BCUT2D eigenvalue weighted by Crippen LogP contribution is 2.51. The number of rotatable bonds is 4. The van der Waals surface area contributed by atoms with Crippen LogP contribution in [0.25, 0.3) is 0 Å². The molecule has 1 saturated carbocycles. The molecule has 1 aromatic rings. The van der Waals surface area contributed by atoms with Crippen molar-refractivity contribution < 1.29 is 9.47 Å². The molecule has 3 atom stereocenters. The van der Waals surface area contributed by atoms with Gasteiger partial charge in [0, 0.05) is 42.8 Å². The molecule has 4 heteroatoms. The number of aromatic nitrogens is 1. The number of nitrogens with zero attached hydrogens (tertiary/aromatic N) is 1. The zero-order valence-corrected chi connectivity index (χ0v) is 12.6. The molecule has 0 aromatic carbocycles. The summed E-state index contributed by atoms with van der Waals surface area (Å²) in [6, 6.07) is 4.52. The number of methoxy groups -OCH3 is 1. The number of hydrogen-bond acceptors (Lipinski definition) is 4. The lowest BCUT2D eigenvalue weighted by Crippen LogP contribution is -2.69. The molecule has 2 aliphatic rings. The second kappa shape index (κ2) is 5.34. The normalized spacial score (nSPS) is 31.2.